The third-order valence-corrected chi connectivity index (χ3v) is 4.61. The van der Waals surface area contributed by atoms with Gasteiger partial charge in [-0.05, 0) is 63.1 Å². The number of fused-ring (bicyclic) bond motifs is 1. The van der Waals surface area contributed by atoms with Gasteiger partial charge in [-0.15, -0.1) is 0 Å². The molecule has 1 saturated heterocycles. The van der Waals surface area contributed by atoms with Crippen molar-refractivity contribution in [3.8, 4) is 17.1 Å². The van der Waals surface area contributed by atoms with Crippen molar-refractivity contribution >= 4 is 16.7 Å². The summed E-state index contributed by atoms with van der Waals surface area (Å²) in [5.74, 6) is 2.42. The van der Waals surface area contributed by atoms with E-state index in [1.807, 2.05) is 56.3 Å². The van der Waals surface area contributed by atoms with Gasteiger partial charge in [0.25, 0.3) is 0 Å². The van der Waals surface area contributed by atoms with Gasteiger partial charge in [0.2, 0.25) is 0 Å². The highest BCUT2D eigenvalue weighted by Crippen LogP contribution is 2.27. The number of hydrogen-bond acceptors (Lipinski definition) is 5. The first-order valence-electron chi connectivity index (χ1n) is 9.58. The van der Waals surface area contributed by atoms with E-state index in [1.165, 1.54) is 0 Å². The summed E-state index contributed by atoms with van der Waals surface area (Å²) < 4.78 is 11.5. The van der Waals surface area contributed by atoms with Crippen LogP contribution in [0.25, 0.3) is 22.3 Å². The lowest BCUT2D eigenvalue weighted by molar-refractivity contribution is 0.120. The van der Waals surface area contributed by atoms with E-state index in [4.69, 9.17) is 19.4 Å². The van der Waals surface area contributed by atoms with Crippen LogP contribution >= 0.6 is 0 Å². The molecule has 1 aliphatic rings. The van der Waals surface area contributed by atoms with Crippen molar-refractivity contribution in [1.29, 1.82) is 0 Å². The van der Waals surface area contributed by atoms with Gasteiger partial charge in [-0.3, -0.25) is 0 Å². The number of ether oxygens (including phenoxy) is 2. The zero-order chi connectivity index (χ0) is 18.6. The number of nitrogens with zero attached hydrogens (tertiary/aromatic N) is 2. The van der Waals surface area contributed by atoms with Gasteiger partial charge in [-0.25, -0.2) is 9.97 Å². The average molecular weight is 363 g/mol. The molecule has 1 atom stereocenters. The number of nitrogens with one attached hydrogen (secondary N) is 1. The fraction of sp³-hybridized carbons (Fsp3) is 0.364. The maximum atomic E-state index is 5.73. The second-order valence-corrected chi connectivity index (χ2v) is 7.12. The Balaban J connectivity index is 1.64. The molecule has 140 valence electrons. The van der Waals surface area contributed by atoms with E-state index in [2.05, 4.69) is 11.4 Å². The first-order valence-corrected chi connectivity index (χ1v) is 9.58. The molecule has 0 unspecified atom stereocenters. The zero-order valence-electron chi connectivity index (χ0n) is 15.8. The largest absolute Gasteiger partial charge is 0.491 e. The smallest absolute Gasteiger partial charge is 0.162 e. The monoisotopic (exact) mass is 363 g/mol. The molecule has 0 amide bonds. The maximum Gasteiger partial charge on any atom is 0.162 e. The van der Waals surface area contributed by atoms with E-state index in [-0.39, 0.29) is 12.2 Å². The molecule has 1 N–H and O–H groups in total. The quantitative estimate of drug-likeness (QED) is 0.689. The van der Waals surface area contributed by atoms with E-state index in [0.717, 1.165) is 54.0 Å². The molecule has 27 heavy (non-hydrogen) atoms. The van der Waals surface area contributed by atoms with Crippen molar-refractivity contribution in [2.45, 2.75) is 38.9 Å². The zero-order valence-corrected chi connectivity index (χ0v) is 15.8. The predicted octanol–water partition coefficient (Wildman–Crippen LogP) is 4.67. The summed E-state index contributed by atoms with van der Waals surface area (Å²) in [7, 11) is 0. The van der Waals surface area contributed by atoms with Crippen LogP contribution in [0, 0.1) is 0 Å². The number of benzene rings is 2. The number of aromatic nitrogens is 2. The lowest BCUT2D eigenvalue weighted by Gasteiger charge is -2.14. The first-order chi connectivity index (χ1) is 13.2. The van der Waals surface area contributed by atoms with Crippen molar-refractivity contribution < 1.29 is 9.47 Å². The van der Waals surface area contributed by atoms with Crippen LogP contribution in [-0.4, -0.2) is 35.3 Å². The highest BCUT2D eigenvalue weighted by atomic mass is 16.5. The van der Waals surface area contributed by atoms with Crippen LogP contribution in [0.1, 0.15) is 26.7 Å². The summed E-state index contributed by atoms with van der Waals surface area (Å²) in [6, 6.07) is 16.0. The Bertz CT molecular complexity index is 903. The van der Waals surface area contributed by atoms with Crippen molar-refractivity contribution in [3.63, 3.8) is 0 Å². The number of anilines is 1. The number of rotatable bonds is 6. The summed E-state index contributed by atoms with van der Waals surface area (Å²) in [4.78, 5) is 9.56. The highest BCUT2D eigenvalue weighted by molar-refractivity contribution is 5.90. The molecular weight excluding hydrogens is 338 g/mol. The normalized spacial score (nSPS) is 16.8. The van der Waals surface area contributed by atoms with E-state index >= 15 is 0 Å². The Hall–Kier alpha value is -2.66. The number of hydrogen-bond donors (Lipinski definition) is 1. The van der Waals surface area contributed by atoms with Crippen LogP contribution in [-0.2, 0) is 4.74 Å². The van der Waals surface area contributed by atoms with Gasteiger partial charge in [-0.2, -0.15) is 0 Å². The summed E-state index contributed by atoms with van der Waals surface area (Å²) in [5, 5.41) is 4.50. The van der Waals surface area contributed by atoms with Crippen molar-refractivity contribution in [2.24, 2.45) is 0 Å². The van der Waals surface area contributed by atoms with Crippen LogP contribution in [0.3, 0.4) is 0 Å². The summed E-state index contributed by atoms with van der Waals surface area (Å²) in [6.07, 6.45) is 2.64. The maximum absolute atomic E-state index is 5.73. The molecule has 0 bridgehead atoms. The van der Waals surface area contributed by atoms with Crippen LogP contribution in [0.15, 0.2) is 48.5 Å². The molecular formula is C22H25N3O2. The van der Waals surface area contributed by atoms with E-state index in [1.54, 1.807) is 0 Å². The molecule has 2 heterocycles. The average Bonchev–Trinajstić information content (AvgIpc) is 3.19. The van der Waals surface area contributed by atoms with Gasteiger partial charge in [0.1, 0.15) is 11.6 Å². The topological polar surface area (TPSA) is 56.3 Å². The Labute approximate surface area is 159 Å². The van der Waals surface area contributed by atoms with Crippen molar-refractivity contribution in [2.75, 3.05) is 18.5 Å². The van der Waals surface area contributed by atoms with E-state index < -0.39 is 0 Å². The molecule has 0 aliphatic carbocycles. The molecule has 1 aromatic heterocycles. The SMILES string of the molecule is CC(C)Oc1ccc(-c2nc(NC[C@@H]3CCCO3)c3ccccc3n2)cc1. The summed E-state index contributed by atoms with van der Waals surface area (Å²) >= 11 is 0. The van der Waals surface area contributed by atoms with Gasteiger partial charge in [0, 0.05) is 24.1 Å². The lowest BCUT2D eigenvalue weighted by Crippen LogP contribution is -2.19. The van der Waals surface area contributed by atoms with Gasteiger partial charge < -0.3 is 14.8 Å². The van der Waals surface area contributed by atoms with Crippen LogP contribution in [0.2, 0.25) is 0 Å². The highest BCUT2D eigenvalue weighted by Gasteiger charge is 2.16. The predicted molar refractivity (Wildman–Crippen MR) is 108 cm³/mol. The second-order valence-electron chi connectivity index (χ2n) is 7.12. The fourth-order valence-electron chi connectivity index (χ4n) is 3.31. The molecule has 3 aromatic rings. The molecule has 4 rings (SSSR count). The minimum atomic E-state index is 0.154. The molecule has 5 heteroatoms. The van der Waals surface area contributed by atoms with Crippen LogP contribution in [0.5, 0.6) is 5.75 Å². The molecule has 0 spiro atoms. The van der Waals surface area contributed by atoms with Gasteiger partial charge in [0.05, 0.1) is 17.7 Å². The standard InChI is InChI=1S/C22H25N3O2/c1-15(2)27-17-11-9-16(10-12-17)21-24-20-8-4-3-7-19(20)22(25-21)23-14-18-6-5-13-26-18/h3-4,7-12,15,18H,5-6,13-14H2,1-2H3,(H,23,24,25)/t18-/m0/s1. The minimum absolute atomic E-state index is 0.154. The Morgan fingerprint density at radius 1 is 1.11 bits per heavy atom. The van der Waals surface area contributed by atoms with Crippen molar-refractivity contribution in [1.82, 2.24) is 9.97 Å². The van der Waals surface area contributed by atoms with Gasteiger partial charge in [0.15, 0.2) is 5.82 Å². The third-order valence-electron chi connectivity index (χ3n) is 4.61. The van der Waals surface area contributed by atoms with Gasteiger partial charge in [-0.1, -0.05) is 12.1 Å². The lowest BCUT2D eigenvalue weighted by atomic mass is 10.1. The van der Waals surface area contributed by atoms with Crippen LogP contribution in [0.4, 0.5) is 5.82 Å². The van der Waals surface area contributed by atoms with Crippen LogP contribution < -0.4 is 10.1 Å². The Kier molecular flexibility index (Phi) is 5.21. The molecule has 2 aromatic carbocycles. The second kappa shape index (κ2) is 7.92. The molecule has 5 nitrogen and oxygen atoms in total. The molecule has 1 aliphatic heterocycles. The fourth-order valence-corrected chi connectivity index (χ4v) is 3.31. The Morgan fingerprint density at radius 2 is 1.93 bits per heavy atom. The summed E-state index contributed by atoms with van der Waals surface area (Å²) in [5.41, 5.74) is 1.90. The van der Waals surface area contributed by atoms with E-state index in [9.17, 15) is 0 Å². The summed E-state index contributed by atoms with van der Waals surface area (Å²) in [6.45, 7) is 5.66. The molecule has 1 fully saturated rings. The molecule has 0 saturated carbocycles. The number of para-hydroxylation sites is 1. The van der Waals surface area contributed by atoms with E-state index in [0.29, 0.717) is 5.82 Å². The third kappa shape index (κ3) is 4.19. The van der Waals surface area contributed by atoms with Crippen molar-refractivity contribution in [3.05, 3.63) is 48.5 Å². The first kappa shape index (κ1) is 17.7. The Morgan fingerprint density at radius 3 is 2.67 bits per heavy atom. The molecule has 0 radical (unpaired) electrons. The van der Waals surface area contributed by atoms with Gasteiger partial charge >= 0.3 is 0 Å². The minimum Gasteiger partial charge on any atom is -0.491 e.